The Labute approximate surface area is 169 Å². The van der Waals surface area contributed by atoms with Crippen molar-refractivity contribution < 1.29 is 28.7 Å². The number of carbonyl (C=O) groups is 4. The molecule has 3 amide bonds. The second-order valence-electron chi connectivity index (χ2n) is 7.84. The average molecular weight is 405 g/mol. The van der Waals surface area contributed by atoms with Crippen molar-refractivity contribution in [3.05, 3.63) is 29.8 Å². The molecule has 3 N–H and O–H groups in total. The van der Waals surface area contributed by atoms with Crippen molar-refractivity contribution in [2.45, 2.75) is 39.2 Å². The van der Waals surface area contributed by atoms with E-state index in [2.05, 4.69) is 5.32 Å². The Bertz CT molecular complexity index is 761. The van der Waals surface area contributed by atoms with Crippen LogP contribution in [0.5, 0.6) is 0 Å². The molecule has 0 bridgehead atoms. The summed E-state index contributed by atoms with van der Waals surface area (Å²) in [4.78, 5) is 48.8. The molecule has 29 heavy (non-hydrogen) atoms. The van der Waals surface area contributed by atoms with Crippen LogP contribution in [0.15, 0.2) is 24.3 Å². The van der Waals surface area contributed by atoms with Crippen molar-refractivity contribution >= 4 is 29.6 Å². The summed E-state index contributed by atoms with van der Waals surface area (Å²) in [5.41, 5.74) is 5.37. The summed E-state index contributed by atoms with van der Waals surface area (Å²) in [5, 5.41) is 2.57. The highest BCUT2D eigenvalue weighted by molar-refractivity contribution is 5.95. The van der Waals surface area contributed by atoms with Gasteiger partial charge in [0.15, 0.2) is 6.61 Å². The van der Waals surface area contributed by atoms with Crippen LogP contribution in [0.3, 0.4) is 0 Å². The summed E-state index contributed by atoms with van der Waals surface area (Å²) in [7, 11) is 0. The number of benzene rings is 1. The van der Waals surface area contributed by atoms with Crippen LogP contribution >= 0.6 is 0 Å². The van der Waals surface area contributed by atoms with Crippen LogP contribution < -0.4 is 11.1 Å². The van der Waals surface area contributed by atoms with E-state index in [1.807, 2.05) is 0 Å². The van der Waals surface area contributed by atoms with Crippen LogP contribution in [-0.4, -0.2) is 54.1 Å². The van der Waals surface area contributed by atoms with Crippen LogP contribution in [0.25, 0.3) is 0 Å². The lowest BCUT2D eigenvalue weighted by Gasteiger charge is -2.32. The highest BCUT2D eigenvalue weighted by Gasteiger charge is 2.30. The number of amides is 3. The third kappa shape index (κ3) is 7.10. The Balaban J connectivity index is 1.73. The van der Waals surface area contributed by atoms with Crippen LogP contribution in [0.4, 0.5) is 10.5 Å². The first kappa shape index (κ1) is 22.2. The molecule has 9 nitrogen and oxygen atoms in total. The van der Waals surface area contributed by atoms with Gasteiger partial charge in [-0.1, -0.05) is 0 Å². The van der Waals surface area contributed by atoms with E-state index < -0.39 is 36.1 Å². The molecule has 2 rings (SSSR count). The highest BCUT2D eigenvalue weighted by Crippen LogP contribution is 2.21. The van der Waals surface area contributed by atoms with E-state index in [9.17, 15) is 19.2 Å². The van der Waals surface area contributed by atoms with Crippen molar-refractivity contribution in [2.75, 3.05) is 25.0 Å². The van der Waals surface area contributed by atoms with E-state index in [0.29, 0.717) is 37.2 Å². The Morgan fingerprint density at radius 1 is 1.10 bits per heavy atom. The monoisotopic (exact) mass is 405 g/mol. The number of anilines is 1. The number of nitrogens with one attached hydrogen (secondary N) is 1. The summed E-state index contributed by atoms with van der Waals surface area (Å²) in [6.07, 6.45) is 0.508. The average Bonchev–Trinajstić information content (AvgIpc) is 2.65. The van der Waals surface area contributed by atoms with E-state index in [4.69, 9.17) is 15.2 Å². The van der Waals surface area contributed by atoms with Crippen LogP contribution in [-0.2, 0) is 19.1 Å². The molecule has 0 unspecified atom stereocenters. The second kappa shape index (κ2) is 9.40. The predicted octanol–water partition coefficient (Wildman–Crippen LogP) is 1.91. The zero-order chi connectivity index (χ0) is 21.6. The molecule has 1 aromatic carbocycles. The number of hydrogen-bond acceptors (Lipinski definition) is 6. The molecular weight excluding hydrogens is 378 g/mol. The summed E-state index contributed by atoms with van der Waals surface area (Å²) >= 11 is 0. The van der Waals surface area contributed by atoms with E-state index >= 15 is 0 Å². The lowest BCUT2D eigenvalue weighted by atomic mass is 9.97. The van der Waals surface area contributed by atoms with E-state index in [0.717, 1.165) is 0 Å². The quantitative estimate of drug-likeness (QED) is 0.720. The lowest BCUT2D eigenvalue weighted by molar-refractivity contribution is -0.153. The molecular formula is C20H27N3O6. The fourth-order valence-electron chi connectivity index (χ4n) is 2.79. The number of esters is 1. The van der Waals surface area contributed by atoms with E-state index in [-0.39, 0.29) is 5.92 Å². The fraction of sp³-hybridized carbons (Fsp3) is 0.500. The minimum absolute atomic E-state index is 0.326. The molecule has 0 aromatic heterocycles. The van der Waals surface area contributed by atoms with E-state index in [1.54, 1.807) is 25.7 Å². The molecule has 1 aliphatic rings. The number of piperidine rings is 1. The fourth-order valence-corrected chi connectivity index (χ4v) is 2.79. The van der Waals surface area contributed by atoms with Gasteiger partial charge in [0.05, 0.1) is 5.92 Å². The number of carbonyl (C=O) groups excluding carboxylic acids is 4. The minimum Gasteiger partial charge on any atom is -0.455 e. The van der Waals surface area contributed by atoms with Gasteiger partial charge in [-0.2, -0.15) is 0 Å². The van der Waals surface area contributed by atoms with Gasteiger partial charge in [0, 0.05) is 24.3 Å². The van der Waals surface area contributed by atoms with Gasteiger partial charge in [0.1, 0.15) is 5.60 Å². The first-order valence-corrected chi connectivity index (χ1v) is 9.39. The van der Waals surface area contributed by atoms with Crippen LogP contribution in [0, 0.1) is 5.92 Å². The standard InChI is InChI=1S/C20H27N3O6/c1-20(2,3)29-19(27)23-10-8-14(9-11-23)18(26)28-12-16(24)22-15-6-4-13(5-7-15)17(21)25/h4-7,14H,8-12H2,1-3H3,(H2,21,25)(H,22,24). The number of likely N-dealkylation sites (tertiary alicyclic amines) is 1. The van der Waals surface area contributed by atoms with Crippen molar-refractivity contribution in [1.82, 2.24) is 4.90 Å². The largest absolute Gasteiger partial charge is 0.455 e. The van der Waals surface area contributed by atoms with Crippen LogP contribution in [0.1, 0.15) is 44.0 Å². The summed E-state index contributed by atoms with van der Waals surface area (Å²) in [5.74, 6) is -1.88. The molecule has 0 saturated carbocycles. The zero-order valence-electron chi connectivity index (χ0n) is 16.9. The van der Waals surface area contributed by atoms with Gasteiger partial charge in [0.2, 0.25) is 5.91 Å². The number of ether oxygens (including phenoxy) is 2. The first-order valence-electron chi connectivity index (χ1n) is 9.39. The van der Waals surface area contributed by atoms with E-state index in [1.165, 1.54) is 24.3 Å². The number of nitrogens with two attached hydrogens (primary N) is 1. The van der Waals surface area contributed by atoms with Gasteiger partial charge < -0.3 is 25.4 Å². The highest BCUT2D eigenvalue weighted by atomic mass is 16.6. The van der Waals surface area contributed by atoms with Crippen molar-refractivity contribution in [3.63, 3.8) is 0 Å². The topological polar surface area (TPSA) is 128 Å². The second-order valence-corrected chi connectivity index (χ2v) is 7.84. The van der Waals surface area contributed by atoms with Gasteiger partial charge in [-0.25, -0.2) is 4.79 Å². The molecule has 1 heterocycles. The molecule has 0 spiro atoms. The smallest absolute Gasteiger partial charge is 0.410 e. The number of primary amides is 1. The van der Waals surface area contributed by atoms with Gasteiger partial charge in [0.25, 0.3) is 5.91 Å². The maximum absolute atomic E-state index is 12.2. The summed E-state index contributed by atoms with van der Waals surface area (Å²) < 4.78 is 10.4. The Kier molecular flexibility index (Phi) is 7.19. The van der Waals surface area contributed by atoms with Gasteiger partial charge in [-0.15, -0.1) is 0 Å². The molecule has 1 aromatic rings. The molecule has 0 aliphatic carbocycles. The molecule has 0 radical (unpaired) electrons. The van der Waals surface area contributed by atoms with Gasteiger partial charge in [-0.3, -0.25) is 14.4 Å². The van der Waals surface area contributed by atoms with Gasteiger partial charge >= 0.3 is 12.1 Å². The molecule has 9 heteroatoms. The SMILES string of the molecule is CC(C)(C)OC(=O)N1CCC(C(=O)OCC(=O)Nc2ccc(C(N)=O)cc2)CC1. The van der Waals surface area contributed by atoms with Crippen molar-refractivity contribution in [3.8, 4) is 0 Å². The third-order valence-electron chi connectivity index (χ3n) is 4.28. The molecule has 0 atom stereocenters. The lowest BCUT2D eigenvalue weighted by Crippen LogP contribution is -2.43. The minimum atomic E-state index is -0.569. The molecule has 158 valence electrons. The van der Waals surface area contributed by atoms with Crippen molar-refractivity contribution in [2.24, 2.45) is 11.7 Å². The molecule has 1 saturated heterocycles. The Morgan fingerprint density at radius 2 is 1.69 bits per heavy atom. The van der Waals surface area contributed by atoms with Crippen molar-refractivity contribution in [1.29, 1.82) is 0 Å². The van der Waals surface area contributed by atoms with Crippen LogP contribution in [0.2, 0.25) is 0 Å². The maximum atomic E-state index is 12.2. The van der Waals surface area contributed by atoms with Gasteiger partial charge in [-0.05, 0) is 57.9 Å². The molecule has 1 fully saturated rings. The normalized spacial score (nSPS) is 14.8. The zero-order valence-corrected chi connectivity index (χ0v) is 16.9. The predicted molar refractivity (Wildman–Crippen MR) is 105 cm³/mol. The summed E-state index contributed by atoms with van der Waals surface area (Å²) in [6, 6.07) is 6.04. The number of hydrogen-bond donors (Lipinski definition) is 2. The molecule has 1 aliphatic heterocycles. The maximum Gasteiger partial charge on any atom is 0.410 e. The number of rotatable bonds is 5. The summed E-state index contributed by atoms with van der Waals surface area (Å²) in [6.45, 7) is 5.77. The first-order chi connectivity index (χ1) is 13.5. The Hall–Kier alpha value is -3.10. The Morgan fingerprint density at radius 3 is 2.21 bits per heavy atom. The number of nitrogens with zero attached hydrogens (tertiary/aromatic N) is 1. The third-order valence-corrected chi connectivity index (χ3v) is 4.28.